The Morgan fingerprint density at radius 1 is 0.776 bits per heavy atom. The van der Waals surface area contributed by atoms with Gasteiger partial charge in [0.15, 0.2) is 34.5 Å². The maximum atomic E-state index is 14.0. The standard InChI is InChI=1S/C37H36FN4O13PS2/c38-27-18-26(7-4-24(27)20-39)55-56(49,50)21-42-58(51,52)35-17-25-16-32(53-12-2-1-10-40-36(47)22-5-8-28(43)30(45)14-22)33(19-34(25)57-35)54-13-3-11-41-37(48)23-6-9-29(44)31(46)15-23/h4-9,14-19,42-46H,1-3,10-13,21H2,(H,40,47)(H,41,48)(H,49,50). The number of hydrogen-bond donors (Lipinski definition) is 8. The molecule has 58 heavy (non-hydrogen) atoms. The van der Waals surface area contributed by atoms with Crippen molar-refractivity contribution in [3.8, 4) is 46.3 Å². The molecule has 0 saturated carbocycles. The molecule has 2 amide bonds. The third kappa shape index (κ3) is 11.5. The van der Waals surface area contributed by atoms with Gasteiger partial charge in [-0.15, -0.1) is 11.3 Å². The molecule has 1 atom stereocenters. The molecule has 5 rings (SSSR count). The molecule has 0 aliphatic heterocycles. The third-order valence-corrected chi connectivity index (χ3v) is 12.3. The first-order valence-electron chi connectivity index (χ1n) is 17.2. The zero-order chi connectivity index (χ0) is 42.0. The number of benzene rings is 4. The van der Waals surface area contributed by atoms with Crippen LogP contribution in [0.5, 0.6) is 40.2 Å². The number of thiophene rings is 1. The first-order valence-corrected chi connectivity index (χ1v) is 21.3. The van der Waals surface area contributed by atoms with Crippen molar-refractivity contribution < 1.29 is 66.3 Å². The van der Waals surface area contributed by atoms with Crippen molar-refractivity contribution in [1.82, 2.24) is 15.4 Å². The number of phenolic OH excluding ortho intramolecular Hbond substituents is 4. The molecule has 0 fully saturated rings. The Balaban J connectivity index is 1.22. The molecule has 21 heteroatoms. The van der Waals surface area contributed by atoms with Gasteiger partial charge in [0, 0.05) is 41.0 Å². The third-order valence-electron chi connectivity index (χ3n) is 8.04. The normalized spacial score (nSPS) is 12.3. The van der Waals surface area contributed by atoms with Crippen LogP contribution in [0.2, 0.25) is 0 Å². The topological polar surface area (TPSA) is 274 Å². The molecule has 0 bridgehead atoms. The molecule has 0 aliphatic carbocycles. The minimum absolute atomic E-state index is 0.0782. The number of halogens is 1. The largest absolute Gasteiger partial charge is 0.504 e. The zero-order valence-corrected chi connectivity index (χ0v) is 32.7. The van der Waals surface area contributed by atoms with Crippen LogP contribution in [0.4, 0.5) is 4.39 Å². The quantitative estimate of drug-likeness (QED) is 0.0308. The van der Waals surface area contributed by atoms with E-state index < -0.39 is 53.0 Å². The summed E-state index contributed by atoms with van der Waals surface area (Å²) >= 11 is 0.829. The van der Waals surface area contributed by atoms with Crippen molar-refractivity contribution in [2.24, 2.45) is 0 Å². The van der Waals surface area contributed by atoms with Crippen molar-refractivity contribution in [1.29, 1.82) is 5.26 Å². The van der Waals surface area contributed by atoms with E-state index in [0.717, 1.165) is 41.7 Å². The molecule has 0 radical (unpaired) electrons. The summed E-state index contributed by atoms with van der Waals surface area (Å²) in [7, 11) is -9.07. The number of ether oxygens (including phenoxy) is 2. The molecule has 0 spiro atoms. The Morgan fingerprint density at radius 3 is 1.95 bits per heavy atom. The lowest BCUT2D eigenvalue weighted by atomic mass is 10.2. The number of sulfonamides is 1. The lowest BCUT2D eigenvalue weighted by Gasteiger charge is -2.14. The summed E-state index contributed by atoms with van der Waals surface area (Å²) in [5.41, 5.74) is -0.0284. The maximum Gasteiger partial charge on any atom is 0.391 e. The molecule has 5 aromatic rings. The van der Waals surface area contributed by atoms with Crippen LogP contribution in [0.15, 0.2) is 77.0 Å². The van der Waals surface area contributed by atoms with E-state index in [4.69, 9.17) is 19.3 Å². The van der Waals surface area contributed by atoms with Crippen LogP contribution in [0, 0.1) is 17.1 Å². The molecule has 1 aromatic heterocycles. The lowest BCUT2D eigenvalue weighted by molar-refractivity contribution is 0.0943. The van der Waals surface area contributed by atoms with Crippen LogP contribution < -0.4 is 29.4 Å². The first kappa shape index (κ1) is 43.0. The number of nitriles is 1. The number of carbonyl (C=O) groups excluding carboxylic acids is 2. The minimum Gasteiger partial charge on any atom is -0.504 e. The molecule has 17 nitrogen and oxygen atoms in total. The van der Waals surface area contributed by atoms with Crippen molar-refractivity contribution >= 4 is 50.9 Å². The highest BCUT2D eigenvalue weighted by Gasteiger charge is 2.27. The minimum atomic E-state index is -4.68. The number of unbranched alkanes of at least 4 members (excludes halogenated alkanes) is 1. The summed E-state index contributed by atoms with van der Waals surface area (Å²) in [5.74, 6) is -3.43. The molecule has 4 aromatic carbocycles. The SMILES string of the molecule is N#Cc1ccc(OP(=O)(O)CNS(=O)(=O)c2cc3cc(OCCCCNC(=O)c4ccc(O)c(O)c4)c(OCCCNC(=O)c4ccc(O)c(O)c4)cc3s2)cc1F. The number of aromatic hydroxyl groups is 4. The number of carbonyl (C=O) groups is 2. The van der Waals surface area contributed by atoms with E-state index in [1.54, 1.807) is 18.2 Å². The second kappa shape index (κ2) is 18.9. The number of nitrogens with one attached hydrogen (secondary N) is 3. The fraction of sp³-hybridized carbons (Fsp3) is 0.216. The predicted octanol–water partition coefficient (Wildman–Crippen LogP) is 5.02. The Labute approximate surface area is 334 Å². The van der Waals surface area contributed by atoms with Crippen molar-refractivity contribution in [3.63, 3.8) is 0 Å². The van der Waals surface area contributed by atoms with Gasteiger partial charge in [-0.2, -0.15) is 9.98 Å². The van der Waals surface area contributed by atoms with Crippen LogP contribution in [-0.2, 0) is 14.6 Å². The van der Waals surface area contributed by atoms with Gasteiger partial charge in [0.2, 0.25) is 0 Å². The van der Waals surface area contributed by atoms with Gasteiger partial charge < -0.3 is 50.0 Å². The molecular weight excluding hydrogens is 823 g/mol. The number of hydrogen-bond acceptors (Lipinski definition) is 14. The van der Waals surface area contributed by atoms with E-state index >= 15 is 0 Å². The Kier molecular flexibility index (Phi) is 14.0. The van der Waals surface area contributed by atoms with Gasteiger partial charge in [0.1, 0.15) is 28.1 Å². The van der Waals surface area contributed by atoms with Crippen molar-refractivity contribution in [2.75, 3.05) is 32.6 Å². The molecular formula is C37H36FN4O13PS2. The summed E-state index contributed by atoms with van der Waals surface area (Å²) in [6.45, 7) is 0.657. The zero-order valence-electron chi connectivity index (χ0n) is 30.2. The highest BCUT2D eigenvalue weighted by Crippen LogP contribution is 2.43. The van der Waals surface area contributed by atoms with Crippen LogP contribution in [0.25, 0.3) is 10.1 Å². The van der Waals surface area contributed by atoms with Gasteiger partial charge in [0.05, 0.1) is 18.8 Å². The Hall–Kier alpha value is -6.10. The van der Waals surface area contributed by atoms with Gasteiger partial charge >= 0.3 is 7.60 Å². The van der Waals surface area contributed by atoms with E-state index in [9.17, 15) is 52.3 Å². The average molecular weight is 859 g/mol. The van der Waals surface area contributed by atoms with E-state index in [2.05, 4.69) is 10.6 Å². The van der Waals surface area contributed by atoms with Crippen molar-refractivity contribution in [2.45, 2.75) is 23.5 Å². The van der Waals surface area contributed by atoms with E-state index in [1.165, 1.54) is 30.3 Å². The Bertz CT molecular complexity index is 2530. The lowest BCUT2D eigenvalue weighted by Crippen LogP contribution is -2.25. The summed E-state index contributed by atoms with van der Waals surface area (Å²) in [4.78, 5) is 35.1. The summed E-state index contributed by atoms with van der Waals surface area (Å²) < 4.78 is 72.2. The monoisotopic (exact) mass is 858 g/mol. The number of fused-ring (bicyclic) bond motifs is 1. The van der Waals surface area contributed by atoms with Gasteiger partial charge in [-0.3, -0.25) is 9.59 Å². The number of nitrogens with zero attached hydrogens (tertiary/aromatic N) is 1. The molecule has 0 aliphatic rings. The fourth-order valence-corrected chi connectivity index (χ4v) is 9.01. The van der Waals surface area contributed by atoms with Crippen LogP contribution in [-0.4, -0.2) is 78.1 Å². The first-order chi connectivity index (χ1) is 27.5. The summed E-state index contributed by atoms with van der Waals surface area (Å²) in [5, 5.41) is 53.0. The highest BCUT2D eigenvalue weighted by molar-refractivity contribution is 7.92. The van der Waals surface area contributed by atoms with Crippen LogP contribution in [0.3, 0.4) is 0 Å². The fourth-order valence-electron chi connectivity index (χ4n) is 5.06. The summed E-state index contributed by atoms with van der Waals surface area (Å²) in [6.07, 6.45) is 0.204. The number of rotatable bonds is 19. The Morgan fingerprint density at radius 2 is 1.36 bits per heavy atom. The van der Waals surface area contributed by atoms with Gasteiger partial charge in [-0.1, -0.05) is 0 Å². The molecule has 1 unspecified atom stereocenters. The number of phenols is 4. The highest BCUT2D eigenvalue weighted by atomic mass is 32.2. The second-order valence-electron chi connectivity index (χ2n) is 12.4. The molecule has 306 valence electrons. The maximum absolute atomic E-state index is 14.0. The second-order valence-corrected chi connectivity index (χ2v) is 17.2. The number of amides is 2. The average Bonchev–Trinajstić information content (AvgIpc) is 3.61. The predicted molar refractivity (Wildman–Crippen MR) is 208 cm³/mol. The van der Waals surface area contributed by atoms with Gasteiger partial charge in [-0.05, 0) is 85.3 Å². The molecule has 1 heterocycles. The van der Waals surface area contributed by atoms with Gasteiger partial charge in [-0.25, -0.2) is 17.4 Å². The summed E-state index contributed by atoms with van der Waals surface area (Å²) in [6, 6.07) is 16.2. The van der Waals surface area contributed by atoms with E-state index in [1.807, 2.05) is 4.72 Å². The van der Waals surface area contributed by atoms with Gasteiger partial charge in [0.25, 0.3) is 21.8 Å². The smallest absolute Gasteiger partial charge is 0.391 e. The van der Waals surface area contributed by atoms with E-state index in [-0.39, 0.29) is 76.0 Å². The van der Waals surface area contributed by atoms with Crippen molar-refractivity contribution in [3.05, 3.63) is 95.3 Å². The molecule has 0 saturated heterocycles. The van der Waals surface area contributed by atoms with Crippen LogP contribution in [0.1, 0.15) is 45.5 Å². The van der Waals surface area contributed by atoms with E-state index in [0.29, 0.717) is 29.3 Å². The van der Waals surface area contributed by atoms with Crippen LogP contribution >= 0.6 is 18.9 Å². The molecule has 8 N–H and O–H groups in total.